The van der Waals surface area contributed by atoms with Crippen molar-refractivity contribution < 1.29 is 22.7 Å². The molecule has 4 heterocycles. The molecule has 224 valence electrons. The number of hydrogen-bond acceptors (Lipinski definition) is 6. The number of aromatic nitrogens is 2. The number of aryl methyl sites for hydroxylation is 1. The summed E-state index contributed by atoms with van der Waals surface area (Å²) >= 11 is 6.19. The lowest BCUT2D eigenvalue weighted by molar-refractivity contribution is -0.119. The number of carbonyl (C=O) groups is 1. The van der Waals surface area contributed by atoms with Crippen LogP contribution in [0.25, 0.3) is 11.3 Å². The highest BCUT2D eigenvalue weighted by Gasteiger charge is 2.34. The number of nitrogens with zero attached hydrogens (tertiary/aromatic N) is 5. The molecule has 1 N–H and O–H groups in total. The van der Waals surface area contributed by atoms with Gasteiger partial charge in [-0.1, -0.05) is 11.6 Å². The van der Waals surface area contributed by atoms with Crippen LogP contribution in [0.4, 0.5) is 10.1 Å². The van der Waals surface area contributed by atoms with Gasteiger partial charge >= 0.3 is 0 Å². The van der Waals surface area contributed by atoms with Gasteiger partial charge in [-0.15, -0.1) is 0 Å². The van der Waals surface area contributed by atoms with Crippen LogP contribution in [0.1, 0.15) is 36.1 Å². The van der Waals surface area contributed by atoms with Crippen molar-refractivity contribution in [3.8, 4) is 11.3 Å². The van der Waals surface area contributed by atoms with Crippen LogP contribution in [0, 0.1) is 5.82 Å². The normalized spacial score (nSPS) is 19.5. The first-order chi connectivity index (χ1) is 20.1. The number of β-amino-alcohol motifs (C(OH)–C–C–N with tert-alkyl or cyclic N) is 1. The van der Waals surface area contributed by atoms with Gasteiger partial charge in [0.05, 0.1) is 24.6 Å². The number of hydrogen-bond donors (Lipinski definition) is 1. The number of likely N-dealkylation sites (tertiary alicyclic amines) is 1. The zero-order chi connectivity index (χ0) is 29.6. The van der Waals surface area contributed by atoms with Crippen LogP contribution in [0.2, 0.25) is 5.02 Å². The molecule has 9 nitrogen and oxygen atoms in total. The van der Waals surface area contributed by atoms with Crippen LogP contribution in [0.3, 0.4) is 0 Å². The molecule has 2 aromatic carbocycles. The number of rotatable bonds is 7. The lowest BCUT2D eigenvalue weighted by Crippen LogP contribution is -2.50. The van der Waals surface area contributed by atoms with Crippen molar-refractivity contribution in [1.29, 1.82) is 0 Å². The standard InChI is InChI=1S/C30H35ClFN5O4S/c1-42(40,41)35-15-12-28-26(19-35)30(20-2-6-23(32)7-3-20)33-36(28)18-25(38)17-34-13-10-24(11-14-34)37-27-8-5-22(31)16-21(27)4-9-29(37)39/h2-3,5-8,16,24-25,38H,4,9-15,17-19H2,1H3. The number of fused-ring (bicyclic) bond motifs is 2. The van der Waals surface area contributed by atoms with Crippen LogP contribution in [0.5, 0.6) is 0 Å². The van der Waals surface area contributed by atoms with Gasteiger partial charge in [-0.2, -0.15) is 9.40 Å². The van der Waals surface area contributed by atoms with Gasteiger partial charge in [-0.25, -0.2) is 12.8 Å². The lowest BCUT2D eigenvalue weighted by Gasteiger charge is -2.41. The molecule has 0 spiro atoms. The van der Waals surface area contributed by atoms with Gasteiger partial charge in [0.2, 0.25) is 15.9 Å². The molecule has 0 bridgehead atoms. The zero-order valence-electron chi connectivity index (χ0n) is 23.5. The van der Waals surface area contributed by atoms with Gasteiger partial charge in [0.15, 0.2) is 0 Å². The van der Waals surface area contributed by atoms with Gasteiger partial charge in [0.1, 0.15) is 5.82 Å². The molecule has 1 unspecified atom stereocenters. The highest BCUT2D eigenvalue weighted by molar-refractivity contribution is 7.88. The Balaban J connectivity index is 1.13. The Labute approximate surface area is 250 Å². The third-order valence-electron chi connectivity index (χ3n) is 8.64. The van der Waals surface area contributed by atoms with E-state index in [9.17, 15) is 22.7 Å². The zero-order valence-corrected chi connectivity index (χ0v) is 25.1. The molecular formula is C30H35ClFN5O4S. The Morgan fingerprint density at radius 3 is 2.50 bits per heavy atom. The highest BCUT2D eigenvalue weighted by atomic mass is 35.5. The number of piperidine rings is 1. The van der Waals surface area contributed by atoms with Gasteiger partial charge in [0, 0.05) is 79.1 Å². The van der Waals surface area contributed by atoms with E-state index in [-0.39, 0.29) is 30.9 Å². The first-order valence-corrected chi connectivity index (χ1v) is 16.6. The van der Waals surface area contributed by atoms with Crippen molar-refractivity contribution in [2.45, 2.75) is 57.3 Å². The molecule has 42 heavy (non-hydrogen) atoms. The molecule has 3 aliphatic heterocycles. The highest BCUT2D eigenvalue weighted by Crippen LogP contribution is 2.35. The van der Waals surface area contributed by atoms with Crippen LogP contribution < -0.4 is 4.90 Å². The van der Waals surface area contributed by atoms with E-state index < -0.39 is 16.1 Å². The minimum absolute atomic E-state index is 0.111. The Hall–Kier alpha value is -2.83. The summed E-state index contributed by atoms with van der Waals surface area (Å²) in [6.07, 6.45) is 3.80. The summed E-state index contributed by atoms with van der Waals surface area (Å²) in [6, 6.07) is 11.9. The fraction of sp³-hybridized carbons (Fsp3) is 0.467. The largest absolute Gasteiger partial charge is 0.390 e. The van der Waals surface area contributed by atoms with E-state index in [0.29, 0.717) is 48.6 Å². The van der Waals surface area contributed by atoms with E-state index in [2.05, 4.69) is 4.90 Å². The minimum atomic E-state index is -3.39. The second-order valence-corrected chi connectivity index (χ2v) is 14.0. The van der Waals surface area contributed by atoms with E-state index in [1.807, 2.05) is 23.1 Å². The Kier molecular flexibility index (Phi) is 8.14. The third kappa shape index (κ3) is 5.98. The molecule has 0 aliphatic carbocycles. The SMILES string of the molecule is CS(=O)(=O)N1CCc2c(c(-c3ccc(F)cc3)nn2CC(O)CN2CCC(N3C(=O)CCc4cc(Cl)ccc43)CC2)C1. The molecule has 12 heteroatoms. The molecule has 0 radical (unpaired) electrons. The fourth-order valence-corrected chi connectivity index (χ4v) is 7.52. The van der Waals surface area contributed by atoms with Crippen molar-refractivity contribution >= 4 is 33.2 Å². The van der Waals surface area contributed by atoms with E-state index >= 15 is 0 Å². The fourth-order valence-electron chi connectivity index (χ4n) is 6.54. The molecular weight excluding hydrogens is 581 g/mol. The predicted octanol–water partition coefficient (Wildman–Crippen LogP) is 3.47. The van der Waals surface area contributed by atoms with E-state index in [4.69, 9.17) is 16.7 Å². The maximum absolute atomic E-state index is 13.6. The third-order valence-corrected chi connectivity index (χ3v) is 10.1. The Morgan fingerprint density at radius 1 is 1.05 bits per heavy atom. The first-order valence-electron chi connectivity index (χ1n) is 14.4. The van der Waals surface area contributed by atoms with Gasteiger partial charge < -0.3 is 14.9 Å². The van der Waals surface area contributed by atoms with Crippen molar-refractivity contribution in [3.63, 3.8) is 0 Å². The minimum Gasteiger partial charge on any atom is -0.390 e. The summed E-state index contributed by atoms with van der Waals surface area (Å²) < 4.78 is 41.4. The van der Waals surface area contributed by atoms with E-state index in [1.54, 1.807) is 16.8 Å². The molecule has 1 amide bonds. The lowest BCUT2D eigenvalue weighted by atomic mass is 9.95. The smallest absolute Gasteiger partial charge is 0.227 e. The summed E-state index contributed by atoms with van der Waals surface area (Å²) in [5, 5.41) is 16.6. The molecule has 1 atom stereocenters. The van der Waals surface area contributed by atoms with Crippen molar-refractivity contribution in [3.05, 3.63) is 70.1 Å². The number of aliphatic hydroxyl groups excluding tert-OH is 1. The molecule has 0 saturated carbocycles. The molecule has 1 saturated heterocycles. The number of halogens is 2. The second-order valence-electron chi connectivity index (χ2n) is 11.5. The first kappa shape index (κ1) is 29.3. The van der Waals surface area contributed by atoms with Crippen molar-refractivity contribution in [1.82, 2.24) is 19.0 Å². The predicted molar refractivity (Wildman–Crippen MR) is 159 cm³/mol. The summed E-state index contributed by atoms with van der Waals surface area (Å²) in [5.41, 5.74) is 5.08. The van der Waals surface area contributed by atoms with Crippen LogP contribution in [-0.2, 0) is 40.7 Å². The van der Waals surface area contributed by atoms with E-state index in [0.717, 1.165) is 48.4 Å². The number of carbonyl (C=O) groups excluding carboxylic acids is 1. The molecule has 1 fully saturated rings. The Bertz CT molecular complexity index is 1590. The number of sulfonamides is 1. The maximum atomic E-state index is 13.6. The number of benzene rings is 2. The van der Waals surface area contributed by atoms with E-state index in [1.165, 1.54) is 22.7 Å². The number of amides is 1. The van der Waals surface area contributed by atoms with Gasteiger partial charge in [0.25, 0.3) is 0 Å². The summed E-state index contributed by atoms with van der Waals surface area (Å²) in [6.45, 7) is 2.78. The van der Waals surface area contributed by atoms with Gasteiger partial charge in [-0.3, -0.25) is 9.48 Å². The van der Waals surface area contributed by atoms with Crippen molar-refractivity contribution in [2.24, 2.45) is 0 Å². The van der Waals surface area contributed by atoms with Crippen LogP contribution in [-0.4, -0.2) is 83.0 Å². The molecule has 6 rings (SSSR count). The van der Waals surface area contributed by atoms with Crippen molar-refractivity contribution in [2.75, 3.05) is 37.3 Å². The Morgan fingerprint density at radius 2 is 1.79 bits per heavy atom. The van der Waals surface area contributed by atoms with Gasteiger partial charge in [-0.05, 0) is 67.3 Å². The summed E-state index contributed by atoms with van der Waals surface area (Å²) in [5.74, 6) is -0.208. The number of anilines is 1. The van der Waals surface area contributed by atoms with Crippen LogP contribution in [0.15, 0.2) is 42.5 Å². The topological polar surface area (TPSA) is 99.0 Å². The second kappa shape index (κ2) is 11.7. The quantitative estimate of drug-likeness (QED) is 0.437. The molecule has 1 aromatic heterocycles. The monoisotopic (exact) mass is 615 g/mol. The average molecular weight is 616 g/mol. The maximum Gasteiger partial charge on any atom is 0.227 e. The molecule has 3 aliphatic rings. The summed E-state index contributed by atoms with van der Waals surface area (Å²) in [7, 11) is -3.39. The summed E-state index contributed by atoms with van der Waals surface area (Å²) in [4.78, 5) is 17.1. The van der Waals surface area contributed by atoms with Crippen LogP contribution >= 0.6 is 11.6 Å². The molecule has 3 aromatic rings. The number of aliphatic hydroxyl groups is 1. The average Bonchev–Trinajstić information content (AvgIpc) is 3.31.